The molecule has 11 aromatic rings. The molecule has 0 aliphatic heterocycles. The smallest absolute Gasteiger partial charge is 0.0542 e. The third-order valence-electron chi connectivity index (χ3n) is 11.4. The SMILES string of the molecule is CN(c1ccc2ccccc2c1)c1ccc2c(c1)c1ccccc1n2-c1ccccc1.CN(c1ccccc1)c1ccc2c(c1)c1ccccc1n2-c1ccccc1. The molecular formula is C54H42N4. The first-order chi connectivity index (χ1) is 28.6. The first-order valence-corrected chi connectivity index (χ1v) is 19.8. The molecule has 0 N–H and O–H groups in total. The maximum Gasteiger partial charge on any atom is 0.0542 e. The fourth-order valence-corrected chi connectivity index (χ4v) is 8.38. The highest BCUT2D eigenvalue weighted by molar-refractivity contribution is 6.11. The van der Waals surface area contributed by atoms with E-state index in [0.29, 0.717) is 0 Å². The second kappa shape index (κ2) is 14.8. The summed E-state index contributed by atoms with van der Waals surface area (Å²) in [4.78, 5) is 4.49. The van der Waals surface area contributed by atoms with Crippen LogP contribution in [-0.4, -0.2) is 23.2 Å². The van der Waals surface area contributed by atoms with Crippen molar-refractivity contribution >= 4 is 77.1 Å². The van der Waals surface area contributed by atoms with E-state index >= 15 is 0 Å². The van der Waals surface area contributed by atoms with E-state index in [1.165, 1.54) is 88.5 Å². The molecule has 11 rings (SSSR count). The van der Waals surface area contributed by atoms with Gasteiger partial charge in [-0.3, -0.25) is 0 Å². The topological polar surface area (TPSA) is 16.3 Å². The molecule has 0 unspecified atom stereocenters. The summed E-state index contributed by atoms with van der Waals surface area (Å²) < 4.78 is 4.70. The van der Waals surface area contributed by atoms with Crippen LogP contribution >= 0.6 is 0 Å². The van der Waals surface area contributed by atoms with Gasteiger partial charge in [0.1, 0.15) is 0 Å². The molecule has 0 fully saturated rings. The number of fused-ring (bicyclic) bond motifs is 7. The molecule has 0 saturated carbocycles. The predicted molar refractivity (Wildman–Crippen MR) is 248 cm³/mol. The summed E-state index contributed by atoms with van der Waals surface area (Å²) in [7, 11) is 4.26. The molecule has 0 spiro atoms. The second-order valence-electron chi connectivity index (χ2n) is 14.8. The predicted octanol–water partition coefficient (Wildman–Crippen LogP) is 14.3. The quantitative estimate of drug-likeness (QED) is 0.168. The summed E-state index contributed by atoms with van der Waals surface area (Å²) in [6.45, 7) is 0. The molecule has 0 atom stereocenters. The van der Waals surface area contributed by atoms with Crippen LogP contribution in [0.25, 0.3) is 65.8 Å². The summed E-state index contributed by atoms with van der Waals surface area (Å²) in [5.74, 6) is 0. The van der Waals surface area contributed by atoms with Gasteiger partial charge in [0.05, 0.1) is 22.1 Å². The molecule has 9 aromatic carbocycles. The minimum atomic E-state index is 1.18. The van der Waals surface area contributed by atoms with Crippen LogP contribution in [-0.2, 0) is 0 Å². The number of nitrogens with zero attached hydrogens (tertiary/aromatic N) is 4. The van der Waals surface area contributed by atoms with Gasteiger partial charge in [0.25, 0.3) is 0 Å². The lowest BCUT2D eigenvalue weighted by Crippen LogP contribution is -2.09. The first-order valence-electron chi connectivity index (χ1n) is 19.8. The third kappa shape index (κ3) is 6.22. The van der Waals surface area contributed by atoms with Crippen LogP contribution in [0.3, 0.4) is 0 Å². The minimum absolute atomic E-state index is 1.18. The molecule has 0 radical (unpaired) electrons. The summed E-state index contributed by atoms with van der Waals surface area (Å²) in [5, 5.41) is 7.61. The summed E-state index contributed by atoms with van der Waals surface area (Å²) >= 11 is 0. The van der Waals surface area contributed by atoms with Crippen molar-refractivity contribution in [1.29, 1.82) is 0 Å². The average Bonchev–Trinajstić information content (AvgIpc) is 3.81. The van der Waals surface area contributed by atoms with Gasteiger partial charge in [-0.15, -0.1) is 0 Å². The van der Waals surface area contributed by atoms with Gasteiger partial charge in [0.2, 0.25) is 0 Å². The van der Waals surface area contributed by atoms with Crippen LogP contribution in [0.5, 0.6) is 0 Å². The fourth-order valence-electron chi connectivity index (χ4n) is 8.38. The van der Waals surface area contributed by atoms with E-state index in [4.69, 9.17) is 0 Å². The number of hydrogen-bond donors (Lipinski definition) is 0. The Morgan fingerprint density at radius 3 is 1.19 bits per heavy atom. The van der Waals surface area contributed by atoms with Crippen LogP contribution < -0.4 is 9.80 Å². The largest absolute Gasteiger partial charge is 0.345 e. The van der Waals surface area contributed by atoms with E-state index in [1.54, 1.807) is 0 Å². The Morgan fingerprint density at radius 2 is 0.655 bits per heavy atom. The fraction of sp³-hybridized carbons (Fsp3) is 0.0370. The van der Waals surface area contributed by atoms with Gasteiger partial charge in [-0.25, -0.2) is 0 Å². The third-order valence-corrected chi connectivity index (χ3v) is 11.4. The lowest BCUT2D eigenvalue weighted by molar-refractivity contribution is 1.17. The second-order valence-corrected chi connectivity index (χ2v) is 14.8. The van der Waals surface area contributed by atoms with Crippen molar-refractivity contribution in [2.24, 2.45) is 0 Å². The Kier molecular flexibility index (Phi) is 8.92. The lowest BCUT2D eigenvalue weighted by atomic mass is 10.1. The van der Waals surface area contributed by atoms with E-state index in [-0.39, 0.29) is 0 Å². The normalized spacial score (nSPS) is 11.3. The van der Waals surface area contributed by atoms with Crippen LogP contribution in [0.2, 0.25) is 0 Å². The lowest BCUT2D eigenvalue weighted by Gasteiger charge is -2.20. The average molecular weight is 747 g/mol. The van der Waals surface area contributed by atoms with Gasteiger partial charge < -0.3 is 18.9 Å². The Labute approximate surface area is 338 Å². The zero-order chi connectivity index (χ0) is 39.0. The van der Waals surface area contributed by atoms with Crippen LogP contribution in [0.1, 0.15) is 0 Å². The highest BCUT2D eigenvalue weighted by atomic mass is 15.1. The molecule has 2 heterocycles. The number of anilines is 4. The molecule has 0 aliphatic carbocycles. The molecule has 278 valence electrons. The van der Waals surface area contributed by atoms with E-state index in [9.17, 15) is 0 Å². The Morgan fingerprint density at radius 1 is 0.276 bits per heavy atom. The summed E-state index contributed by atoms with van der Waals surface area (Å²) in [5.41, 5.74) is 12.0. The number of para-hydroxylation sites is 5. The zero-order valence-electron chi connectivity index (χ0n) is 32.6. The highest BCUT2D eigenvalue weighted by Crippen LogP contribution is 2.37. The van der Waals surface area contributed by atoms with Gasteiger partial charge in [-0.1, -0.05) is 121 Å². The maximum absolute atomic E-state index is 2.35. The summed E-state index contributed by atoms with van der Waals surface area (Å²) in [6, 6.07) is 77.6. The Balaban J connectivity index is 0.000000142. The molecule has 0 aliphatic rings. The van der Waals surface area contributed by atoms with E-state index in [2.05, 4.69) is 245 Å². The number of rotatable bonds is 6. The van der Waals surface area contributed by atoms with Crippen LogP contribution in [0, 0.1) is 0 Å². The Bertz CT molecular complexity index is 3200. The number of hydrogen-bond acceptors (Lipinski definition) is 2. The van der Waals surface area contributed by atoms with Crippen molar-refractivity contribution in [1.82, 2.24) is 9.13 Å². The van der Waals surface area contributed by atoms with Gasteiger partial charge >= 0.3 is 0 Å². The molecule has 0 saturated heterocycles. The van der Waals surface area contributed by atoms with Crippen molar-refractivity contribution in [2.45, 2.75) is 0 Å². The molecule has 58 heavy (non-hydrogen) atoms. The maximum atomic E-state index is 2.35. The molecular weight excluding hydrogens is 705 g/mol. The first kappa shape index (κ1) is 34.9. The standard InChI is InChI=1S/C29H22N2.C25H20N2/c1-30(24-16-15-21-9-5-6-10-22(21)19-24)25-17-18-29-27(20-25)26-13-7-8-14-28(26)31(29)23-11-3-2-4-12-23;1-26(19-10-4-2-5-11-19)21-16-17-25-23(18-21)22-14-8-9-15-24(22)27(25)20-12-6-3-7-13-20/h2-20H,1H3;2-18H,1H3. The van der Waals surface area contributed by atoms with Crippen LogP contribution in [0.4, 0.5) is 22.7 Å². The summed E-state index contributed by atoms with van der Waals surface area (Å²) in [6.07, 6.45) is 0. The number of aromatic nitrogens is 2. The van der Waals surface area contributed by atoms with Gasteiger partial charge in [0.15, 0.2) is 0 Å². The zero-order valence-corrected chi connectivity index (χ0v) is 32.6. The van der Waals surface area contributed by atoms with E-state index < -0.39 is 0 Å². The monoisotopic (exact) mass is 746 g/mol. The van der Waals surface area contributed by atoms with Crippen molar-refractivity contribution in [3.63, 3.8) is 0 Å². The van der Waals surface area contributed by atoms with Crippen molar-refractivity contribution in [3.8, 4) is 11.4 Å². The van der Waals surface area contributed by atoms with Gasteiger partial charge in [0, 0.05) is 69.8 Å². The van der Waals surface area contributed by atoms with Crippen molar-refractivity contribution in [2.75, 3.05) is 23.9 Å². The van der Waals surface area contributed by atoms with E-state index in [0.717, 1.165) is 0 Å². The molecule has 0 bridgehead atoms. The van der Waals surface area contributed by atoms with E-state index in [1.807, 2.05) is 6.07 Å². The highest BCUT2D eigenvalue weighted by Gasteiger charge is 2.16. The molecule has 4 heteroatoms. The molecule has 2 aromatic heterocycles. The van der Waals surface area contributed by atoms with Crippen molar-refractivity contribution < 1.29 is 0 Å². The number of benzene rings is 9. The van der Waals surface area contributed by atoms with Crippen LogP contribution in [0.15, 0.2) is 218 Å². The molecule has 0 amide bonds. The van der Waals surface area contributed by atoms with Crippen molar-refractivity contribution in [3.05, 3.63) is 218 Å². The van der Waals surface area contributed by atoms with Gasteiger partial charge in [-0.2, -0.15) is 0 Å². The minimum Gasteiger partial charge on any atom is -0.345 e. The van der Waals surface area contributed by atoms with Gasteiger partial charge in [-0.05, 0) is 108 Å². The Hall–Kier alpha value is -7.56. The molecule has 4 nitrogen and oxygen atoms in total.